The van der Waals surface area contributed by atoms with Crippen molar-refractivity contribution in [2.75, 3.05) is 0 Å². The Morgan fingerprint density at radius 2 is 1.40 bits per heavy atom. The molecule has 0 saturated carbocycles. The Hall–Kier alpha value is -1.99. The van der Waals surface area contributed by atoms with Gasteiger partial charge in [0.25, 0.3) is 0 Å². The Labute approximate surface area is 123 Å². The van der Waals surface area contributed by atoms with Crippen LogP contribution in [0.5, 0.6) is 0 Å². The molecule has 0 unspecified atom stereocenters. The van der Waals surface area contributed by atoms with Crippen LogP contribution in [0.4, 0.5) is 0 Å². The van der Waals surface area contributed by atoms with Crippen LogP contribution in [-0.4, -0.2) is 0 Å². The third-order valence-electron chi connectivity index (χ3n) is 3.78. The minimum Gasteiger partial charge on any atom is -0.0898 e. The summed E-state index contributed by atoms with van der Waals surface area (Å²) < 4.78 is 0. The first kappa shape index (κ1) is 11.8. The Balaban J connectivity index is 1.78. The SMILES string of the molecule is c1ccc(Sc2cccc3c2Cc2ccccc2-3)cc1. The van der Waals surface area contributed by atoms with Crippen LogP contribution in [0.2, 0.25) is 0 Å². The fourth-order valence-electron chi connectivity index (χ4n) is 2.84. The standard InChI is InChI=1S/C19H14S/c1-2-8-15(9-3-1)20-19-12-6-11-17-16-10-5-4-7-14(16)13-18(17)19/h1-12H,13H2. The zero-order valence-electron chi connectivity index (χ0n) is 11.0. The lowest BCUT2D eigenvalue weighted by atomic mass is 10.1. The summed E-state index contributed by atoms with van der Waals surface area (Å²) in [6.45, 7) is 0. The van der Waals surface area contributed by atoms with Crippen molar-refractivity contribution in [2.24, 2.45) is 0 Å². The summed E-state index contributed by atoms with van der Waals surface area (Å²) in [6.07, 6.45) is 1.06. The Morgan fingerprint density at radius 3 is 2.30 bits per heavy atom. The summed E-state index contributed by atoms with van der Waals surface area (Å²) in [7, 11) is 0. The zero-order valence-corrected chi connectivity index (χ0v) is 11.9. The number of hydrogen-bond donors (Lipinski definition) is 0. The van der Waals surface area contributed by atoms with Crippen LogP contribution in [0.3, 0.4) is 0 Å². The second-order valence-electron chi connectivity index (χ2n) is 5.03. The highest BCUT2D eigenvalue weighted by Gasteiger charge is 2.20. The molecule has 0 bridgehead atoms. The third-order valence-corrected chi connectivity index (χ3v) is 4.89. The van der Waals surface area contributed by atoms with E-state index in [1.807, 2.05) is 11.8 Å². The van der Waals surface area contributed by atoms with E-state index in [0.717, 1.165) is 6.42 Å². The summed E-state index contributed by atoms with van der Waals surface area (Å²) in [5, 5.41) is 0. The van der Waals surface area contributed by atoms with E-state index in [9.17, 15) is 0 Å². The van der Waals surface area contributed by atoms with E-state index >= 15 is 0 Å². The van der Waals surface area contributed by atoms with Crippen LogP contribution in [-0.2, 0) is 6.42 Å². The Kier molecular flexibility index (Phi) is 2.86. The van der Waals surface area contributed by atoms with Gasteiger partial charge >= 0.3 is 0 Å². The van der Waals surface area contributed by atoms with Crippen molar-refractivity contribution < 1.29 is 0 Å². The maximum atomic E-state index is 2.25. The van der Waals surface area contributed by atoms with Gasteiger partial charge < -0.3 is 0 Å². The van der Waals surface area contributed by atoms with E-state index in [1.54, 1.807) is 0 Å². The molecule has 0 amide bonds. The Morgan fingerprint density at radius 1 is 0.650 bits per heavy atom. The predicted octanol–water partition coefficient (Wildman–Crippen LogP) is 5.41. The molecular formula is C19H14S. The molecule has 0 aliphatic heterocycles. The molecule has 0 radical (unpaired) electrons. The molecule has 1 aliphatic carbocycles. The zero-order chi connectivity index (χ0) is 13.4. The highest BCUT2D eigenvalue weighted by Crippen LogP contribution is 2.42. The van der Waals surface area contributed by atoms with Gasteiger partial charge in [-0.15, -0.1) is 0 Å². The number of benzene rings is 3. The van der Waals surface area contributed by atoms with Gasteiger partial charge in [-0.3, -0.25) is 0 Å². The maximum absolute atomic E-state index is 2.25. The van der Waals surface area contributed by atoms with Crippen molar-refractivity contribution >= 4 is 11.8 Å². The molecule has 0 nitrogen and oxygen atoms in total. The van der Waals surface area contributed by atoms with E-state index in [2.05, 4.69) is 72.8 Å². The molecule has 0 spiro atoms. The molecule has 0 fully saturated rings. The molecule has 20 heavy (non-hydrogen) atoms. The molecule has 1 heteroatoms. The monoisotopic (exact) mass is 274 g/mol. The fraction of sp³-hybridized carbons (Fsp3) is 0.0526. The first-order valence-corrected chi connectivity index (χ1v) is 7.66. The lowest BCUT2D eigenvalue weighted by Crippen LogP contribution is -1.85. The maximum Gasteiger partial charge on any atom is 0.0163 e. The van der Waals surface area contributed by atoms with Crippen LogP contribution >= 0.6 is 11.8 Å². The van der Waals surface area contributed by atoms with Crippen molar-refractivity contribution in [3.05, 3.63) is 83.9 Å². The average Bonchev–Trinajstić information content (AvgIpc) is 2.88. The summed E-state index contributed by atoms with van der Waals surface area (Å²) in [5.74, 6) is 0. The van der Waals surface area contributed by atoms with E-state index in [1.165, 1.54) is 32.0 Å². The van der Waals surface area contributed by atoms with Crippen LogP contribution in [0.15, 0.2) is 82.6 Å². The van der Waals surface area contributed by atoms with Gasteiger partial charge in [-0.25, -0.2) is 0 Å². The Bertz CT molecular complexity index is 760. The lowest BCUT2D eigenvalue weighted by molar-refractivity contribution is 1.18. The van der Waals surface area contributed by atoms with Crippen LogP contribution in [0, 0.1) is 0 Å². The van der Waals surface area contributed by atoms with Gasteiger partial charge in [-0.2, -0.15) is 0 Å². The van der Waals surface area contributed by atoms with Gasteiger partial charge in [-0.05, 0) is 46.9 Å². The third kappa shape index (κ3) is 1.95. The summed E-state index contributed by atoms with van der Waals surface area (Å²) in [6, 6.07) is 26.0. The smallest absolute Gasteiger partial charge is 0.0163 e. The lowest BCUT2D eigenvalue weighted by Gasteiger charge is -2.08. The predicted molar refractivity (Wildman–Crippen MR) is 85.2 cm³/mol. The van der Waals surface area contributed by atoms with Crippen LogP contribution in [0.25, 0.3) is 11.1 Å². The van der Waals surface area contributed by atoms with Gasteiger partial charge in [0.05, 0.1) is 0 Å². The normalized spacial score (nSPS) is 12.0. The van der Waals surface area contributed by atoms with E-state index in [4.69, 9.17) is 0 Å². The summed E-state index contributed by atoms with van der Waals surface area (Å²) in [4.78, 5) is 2.68. The molecule has 96 valence electrons. The van der Waals surface area contributed by atoms with Gasteiger partial charge in [-0.1, -0.05) is 66.4 Å². The van der Waals surface area contributed by atoms with Crippen molar-refractivity contribution in [1.82, 2.24) is 0 Å². The van der Waals surface area contributed by atoms with E-state index < -0.39 is 0 Å². The van der Waals surface area contributed by atoms with Crippen molar-refractivity contribution in [1.29, 1.82) is 0 Å². The molecule has 0 aromatic heterocycles. The van der Waals surface area contributed by atoms with Crippen molar-refractivity contribution in [3.8, 4) is 11.1 Å². The fourth-order valence-corrected chi connectivity index (χ4v) is 3.84. The first-order valence-electron chi connectivity index (χ1n) is 6.85. The molecule has 4 rings (SSSR count). The van der Waals surface area contributed by atoms with E-state index in [0.29, 0.717) is 0 Å². The molecule has 1 aliphatic rings. The molecule has 0 N–H and O–H groups in total. The highest BCUT2D eigenvalue weighted by atomic mass is 32.2. The van der Waals surface area contributed by atoms with Crippen molar-refractivity contribution in [3.63, 3.8) is 0 Å². The number of fused-ring (bicyclic) bond motifs is 3. The molecule has 0 heterocycles. The number of hydrogen-bond acceptors (Lipinski definition) is 1. The van der Waals surface area contributed by atoms with Gasteiger partial charge in [0, 0.05) is 9.79 Å². The first-order chi connectivity index (χ1) is 9.92. The average molecular weight is 274 g/mol. The second kappa shape index (κ2) is 4.84. The van der Waals surface area contributed by atoms with Gasteiger partial charge in [0.15, 0.2) is 0 Å². The largest absolute Gasteiger partial charge is 0.0898 e. The molecule has 3 aromatic carbocycles. The number of rotatable bonds is 2. The molecule has 0 saturated heterocycles. The summed E-state index contributed by atoms with van der Waals surface area (Å²) in [5.41, 5.74) is 5.73. The summed E-state index contributed by atoms with van der Waals surface area (Å²) >= 11 is 1.86. The molecule has 3 aromatic rings. The minimum absolute atomic E-state index is 1.06. The van der Waals surface area contributed by atoms with Crippen molar-refractivity contribution in [2.45, 2.75) is 16.2 Å². The quantitative estimate of drug-likeness (QED) is 0.471. The molecular weight excluding hydrogens is 260 g/mol. The topological polar surface area (TPSA) is 0 Å². The van der Waals surface area contributed by atoms with Gasteiger partial charge in [0.1, 0.15) is 0 Å². The minimum atomic E-state index is 1.06. The van der Waals surface area contributed by atoms with Crippen LogP contribution in [0.1, 0.15) is 11.1 Å². The van der Waals surface area contributed by atoms with Gasteiger partial charge in [0.2, 0.25) is 0 Å². The highest BCUT2D eigenvalue weighted by molar-refractivity contribution is 7.99. The molecule has 0 atom stereocenters. The van der Waals surface area contributed by atoms with Crippen LogP contribution < -0.4 is 0 Å². The second-order valence-corrected chi connectivity index (χ2v) is 6.15. The van der Waals surface area contributed by atoms with E-state index in [-0.39, 0.29) is 0 Å².